The summed E-state index contributed by atoms with van der Waals surface area (Å²) in [6.07, 6.45) is 0. The third kappa shape index (κ3) is 2.90. The van der Waals surface area contributed by atoms with Crippen LogP contribution in [-0.4, -0.2) is 18.2 Å². The summed E-state index contributed by atoms with van der Waals surface area (Å²) in [5.74, 6) is -0.360. The number of para-hydroxylation sites is 1. The molecule has 0 aliphatic rings. The first-order valence-electron chi connectivity index (χ1n) is 5.77. The number of hydrogen-bond acceptors (Lipinski definition) is 5. The van der Waals surface area contributed by atoms with Crippen LogP contribution in [0.25, 0.3) is 0 Å². The monoisotopic (exact) mass is 288 g/mol. The van der Waals surface area contributed by atoms with Crippen molar-refractivity contribution in [1.29, 1.82) is 5.26 Å². The Morgan fingerprint density at radius 2 is 2.35 bits per heavy atom. The summed E-state index contributed by atoms with van der Waals surface area (Å²) in [5, 5.41) is 22.7. The summed E-state index contributed by atoms with van der Waals surface area (Å²) in [7, 11) is 1.54. The molecule has 0 saturated carbocycles. The van der Waals surface area contributed by atoms with E-state index in [-0.39, 0.29) is 5.56 Å². The number of nitrogens with zero attached hydrogens (tertiary/aromatic N) is 1. The van der Waals surface area contributed by atoms with Crippen LogP contribution < -0.4 is 10.1 Å². The van der Waals surface area contributed by atoms with Gasteiger partial charge in [0.25, 0.3) is 0 Å². The molecule has 1 aromatic heterocycles. The minimum Gasteiger partial charge on any atom is -0.495 e. The molecule has 6 heteroatoms. The largest absolute Gasteiger partial charge is 0.495 e. The summed E-state index contributed by atoms with van der Waals surface area (Å²) in [4.78, 5) is 11.7. The Morgan fingerprint density at radius 3 is 2.95 bits per heavy atom. The molecule has 0 saturated heterocycles. The van der Waals surface area contributed by atoms with E-state index in [4.69, 9.17) is 15.1 Å². The van der Waals surface area contributed by atoms with E-state index in [1.165, 1.54) is 18.4 Å². The molecule has 0 atom stereocenters. The maximum Gasteiger partial charge on any atom is 0.336 e. The van der Waals surface area contributed by atoms with Gasteiger partial charge in [0, 0.05) is 16.8 Å². The van der Waals surface area contributed by atoms with Crippen molar-refractivity contribution < 1.29 is 14.6 Å². The van der Waals surface area contributed by atoms with Gasteiger partial charge in [-0.2, -0.15) is 5.26 Å². The molecular weight excluding hydrogens is 276 g/mol. The fraction of sp³-hybridized carbons (Fsp3) is 0.143. The van der Waals surface area contributed by atoms with Crippen molar-refractivity contribution in [2.24, 2.45) is 0 Å². The lowest BCUT2D eigenvalue weighted by Crippen LogP contribution is -2.02. The molecule has 0 fully saturated rings. The SMILES string of the molecule is COc1cccc(C#N)c1NCc1cc(C(=O)O)cs1. The van der Waals surface area contributed by atoms with Crippen molar-refractivity contribution in [3.8, 4) is 11.8 Å². The van der Waals surface area contributed by atoms with Crippen LogP contribution in [0.1, 0.15) is 20.8 Å². The van der Waals surface area contributed by atoms with E-state index in [0.717, 1.165) is 4.88 Å². The van der Waals surface area contributed by atoms with Crippen LogP contribution in [0.15, 0.2) is 29.6 Å². The summed E-state index contributed by atoms with van der Waals surface area (Å²) in [6.45, 7) is 0.437. The number of methoxy groups -OCH3 is 1. The van der Waals surface area contributed by atoms with Crippen molar-refractivity contribution in [2.45, 2.75) is 6.54 Å². The summed E-state index contributed by atoms with van der Waals surface area (Å²) < 4.78 is 5.22. The number of aromatic carboxylic acids is 1. The number of rotatable bonds is 5. The second-order valence-corrected chi connectivity index (χ2v) is 4.95. The Bertz CT molecular complexity index is 673. The molecule has 2 rings (SSSR count). The third-order valence-electron chi connectivity index (χ3n) is 2.71. The number of benzene rings is 1. The molecule has 2 N–H and O–H groups in total. The van der Waals surface area contributed by atoms with Gasteiger partial charge in [0.1, 0.15) is 11.8 Å². The number of nitrogens with one attached hydrogen (secondary N) is 1. The van der Waals surface area contributed by atoms with E-state index >= 15 is 0 Å². The molecule has 2 aromatic rings. The minimum absolute atomic E-state index is 0.271. The second-order valence-electron chi connectivity index (χ2n) is 3.96. The molecule has 0 spiro atoms. The van der Waals surface area contributed by atoms with E-state index in [0.29, 0.717) is 23.5 Å². The standard InChI is InChI=1S/C14H12N2O3S/c1-19-12-4-2-3-9(6-15)13(12)16-7-11-5-10(8-20-11)14(17)18/h2-5,8,16H,7H2,1H3,(H,17,18). The van der Waals surface area contributed by atoms with Gasteiger partial charge in [-0.1, -0.05) is 6.07 Å². The number of nitriles is 1. The van der Waals surface area contributed by atoms with Crippen LogP contribution in [0.4, 0.5) is 5.69 Å². The van der Waals surface area contributed by atoms with Gasteiger partial charge < -0.3 is 15.2 Å². The van der Waals surface area contributed by atoms with E-state index in [1.54, 1.807) is 29.6 Å². The average Bonchev–Trinajstić information content (AvgIpc) is 2.93. The molecule has 0 aliphatic carbocycles. The molecule has 102 valence electrons. The fourth-order valence-electron chi connectivity index (χ4n) is 1.74. The third-order valence-corrected chi connectivity index (χ3v) is 3.64. The van der Waals surface area contributed by atoms with Crippen LogP contribution >= 0.6 is 11.3 Å². The number of anilines is 1. The predicted octanol–water partition coefficient (Wildman–Crippen LogP) is 2.94. The van der Waals surface area contributed by atoms with Gasteiger partial charge in [-0.05, 0) is 18.2 Å². The summed E-state index contributed by atoms with van der Waals surface area (Å²) in [5.41, 5.74) is 1.37. The zero-order valence-electron chi connectivity index (χ0n) is 10.7. The topological polar surface area (TPSA) is 82.3 Å². The Balaban J connectivity index is 2.18. The lowest BCUT2D eigenvalue weighted by Gasteiger charge is -2.11. The van der Waals surface area contributed by atoms with E-state index in [1.807, 2.05) is 0 Å². The van der Waals surface area contributed by atoms with Gasteiger partial charge in [-0.25, -0.2) is 4.79 Å². The second kappa shape index (κ2) is 6.08. The van der Waals surface area contributed by atoms with Crippen molar-refractivity contribution in [3.05, 3.63) is 45.6 Å². The van der Waals surface area contributed by atoms with Gasteiger partial charge in [0.15, 0.2) is 0 Å². The van der Waals surface area contributed by atoms with Crippen LogP contribution in [0.2, 0.25) is 0 Å². The number of hydrogen-bond donors (Lipinski definition) is 2. The zero-order chi connectivity index (χ0) is 14.5. The van der Waals surface area contributed by atoms with Crippen molar-refractivity contribution in [1.82, 2.24) is 0 Å². The Morgan fingerprint density at radius 1 is 1.55 bits per heavy atom. The van der Waals surface area contributed by atoms with Gasteiger partial charge >= 0.3 is 5.97 Å². The van der Waals surface area contributed by atoms with Crippen LogP contribution in [-0.2, 0) is 6.54 Å². The van der Waals surface area contributed by atoms with Gasteiger partial charge in [0.2, 0.25) is 0 Å². The van der Waals surface area contributed by atoms with E-state index in [2.05, 4.69) is 11.4 Å². The number of carboxylic acid groups (broad SMARTS) is 1. The highest BCUT2D eigenvalue weighted by Gasteiger charge is 2.10. The number of carboxylic acids is 1. The molecule has 1 aromatic carbocycles. The van der Waals surface area contributed by atoms with Gasteiger partial charge in [-0.15, -0.1) is 11.3 Å². The van der Waals surface area contributed by atoms with Crippen molar-refractivity contribution in [2.75, 3.05) is 12.4 Å². The normalized spacial score (nSPS) is 9.80. The highest BCUT2D eigenvalue weighted by molar-refractivity contribution is 7.10. The Labute approximate surface area is 120 Å². The molecular formula is C14H12N2O3S. The maximum atomic E-state index is 10.8. The van der Waals surface area contributed by atoms with E-state index in [9.17, 15) is 4.79 Å². The first kappa shape index (κ1) is 13.9. The van der Waals surface area contributed by atoms with Crippen LogP contribution in [0, 0.1) is 11.3 Å². The highest BCUT2D eigenvalue weighted by atomic mass is 32.1. The van der Waals surface area contributed by atoms with Crippen molar-refractivity contribution in [3.63, 3.8) is 0 Å². The summed E-state index contributed by atoms with van der Waals surface area (Å²) in [6, 6.07) is 8.92. The zero-order valence-corrected chi connectivity index (χ0v) is 11.5. The lowest BCUT2D eigenvalue weighted by molar-refractivity contribution is 0.0697. The van der Waals surface area contributed by atoms with E-state index < -0.39 is 5.97 Å². The van der Waals surface area contributed by atoms with Gasteiger partial charge in [0.05, 0.1) is 23.9 Å². The fourth-order valence-corrected chi connectivity index (χ4v) is 2.54. The molecule has 0 aliphatic heterocycles. The first-order chi connectivity index (χ1) is 9.65. The smallest absolute Gasteiger partial charge is 0.336 e. The number of thiophene rings is 1. The summed E-state index contributed by atoms with van der Waals surface area (Å²) >= 11 is 1.36. The maximum absolute atomic E-state index is 10.8. The number of carbonyl (C=O) groups is 1. The molecule has 0 unspecified atom stereocenters. The average molecular weight is 288 g/mol. The molecule has 0 bridgehead atoms. The molecule has 20 heavy (non-hydrogen) atoms. The first-order valence-corrected chi connectivity index (χ1v) is 6.65. The van der Waals surface area contributed by atoms with Crippen LogP contribution in [0.3, 0.4) is 0 Å². The van der Waals surface area contributed by atoms with Crippen LogP contribution in [0.5, 0.6) is 5.75 Å². The number of ether oxygens (including phenoxy) is 1. The molecule has 1 heterocycles. The predicted molar refractivity (Wildman–Crippen MR) is 76.3 cm³/mol. The van der Waals surface area contributed by atoms with Crippen molar-refractivity contribution >= 4 is 23.0 Å². The van der Waals surface area contributed by atoms with Gasteiger partial charge in [-0.3, -0.25) is 0 Å². The molecule has 5 nitrogen and oxygen atoms in total. The Hall–Kier alpha value is -2.52. The molecule has 0 amide bonds. The highest BCUT2D eigenvalue weighted by Crippen LogP contribution is 2.28. The Kier molecular flexibility index (Phi) is 4.23. The minimum atomic E-state index is -0.942. The quantitative estimate of drug-likeness (QED) is 0.884. The molecule has 0 radical (unpaired) electrons. The lowest BCUT2D eigenvalue weighted by atomic mass is 10.1.